The average molecular weight is 557 g/mol. The van der Waals surface area contributed by atoms with Crippen LogP contribution in [0.3, 0.4) is 0 Å². The van der Waals surface area contributed by atoms with Crippen LogP contribution in [-0.2, 0) is 31.9 Å². The van der Waals surface area contributed by atoms with Crippen molar-refractivity contribution in [1.29, 1.82) is 0 Å². The summed E-state index contributed by atoms with van der Waals surface area (Å²) in [6, 6.07) is 22.6. The molecule has 0 aliphatic heterocycles. The summed E-state index contributed by atoms with van der Waals surface area (Å²) >= 11 is 0. The van der Waals surface area contributed by atoms with Crippen LogP contribution in [-0.4, -0.2) is 36.7 Å². The lowest BCUT2D eigenvalue weighted by atomic mass is 9.97. The number of oxazole rings is 1. The van der Waals surface area contributed by atoms with Gasteiger partial charge in [-0.2, -0.15) is 0 Å². The number of esters is 2. The molecule has 1 unspecified atom stereocenters. The molecule has 4 aromatic rings. The Morgan fingerprint density at radius 2 is 1.61 bits per heavy atom. The third-order valence-electron chi connectivity index (χ3n) is 6.62. The fourth-order valence-corrected chi connectivity index (χ4v) is 4.44. The van der Waals surface area contributed by atoms with Crippen LogP contribution in [0.15, 0.2) is 77.2 Å². The first-order chi connectivity index (χ1) is 19.7. The first-order valence-electron chi connectivity index (χ1n) is 13.7. The molecular formula is C33H36N2O6. The molecule has 1 aromatic heterocycles. The van der Waals surface area contributed by atoms with Crippen molar-refractivity contribution >= 4 is 11.9 Å². The zero-order valence-corrected chi connectivity index (χ0v) is 23.9. The Balaban J connectivity index is 1.43. The largest absolute Gasteiger partial charge is 0.493 e. The van der Waals surface area contributed by atoms with Gasteiger partial charge < -0.3 is 24.4 Å². The fraction of sp³-hybridized carbons (Fsp3) is 0.303. The van der Waals surface area contributed by atoms with Gasteiger partial charge in [0.1, 0.15) is 17.6 Å². The normalized spacial score (nSPS) is 11.8. The molecule has 0 aliphatic rings. The van der Waals surface area contributed by atoms with Crippen LogP contribution in [0.25, 0.3) is 22.6 Å². The molecule has 0 spiro atoms. The van der Waals surface area contributed by atoms with E-state index < -0.39 is 12.0 Å². The van der Waals surface area contributed by atoms with E-state index in [0.29, 0.717) is 36.7 Å². The molecule has 1 heterocycles. The summed E-state index contributed by atoms with van der Waals surface area (Å²) < 4.78 is 22.0. The van der Waals surface area contributed by atoms with Crippen molar-refractivity contribution in [2.45, 2.75) is 52.2 Å². The average Bonchev–Trinajstić information content (AvgIpc) is 3.36. The number of hydrogen-bond acceptors (Lipinski definition) is 8. The highest BCUT2D eigenvalue weighted by Crippen LogP contribution is 2.28. The van der Waals surface area contributed by atoms with Crippen LogP contribution in [0.4, 0.5) is 0 Å². The zero-order valence-electron chi connectivity index (χ0n) is 23.9. The number of carbonyl (C=O) groups is 2. The number of nitrogens with zero attached hydrogens (tertiary/aromatic N) is 1. The van der Waals surface area contributed by atoms with E-state index in [-0.39, 0.29) is 18.5 Å². The van der Waals surface area contributed by atoms with Crippen molar-refractivity contribution in [2.24, 2.45) is 5.73 Å². The number of methoxy groups -OCH3 is 1. The molecule has 8 nitrogen and oxygen atoms in total. The Bertz CT molecular complexity index is 1460. The van der Waals surface area contributed by atoms with Gasteiger partial charge in [-0.05, 0) is 73.7 Å². The molecule has 0 amide bonds. The third-order valence-corrected chi connectivity index (χ3v) is 6.62. The molecule has 214 valence electrons. The molecule has 8 heteroatoms. The summed E-state index contributed by atoms with van der Waals surface area (Å²) in [5.74, 6) is 0.952. The van der Waals surface area contributed by atoms with Crippen molar-refractivity contribution in [1.82, 2.24) is 4.98 Å². The molecule has 41 heavy (non-hydrogen) atoms. The van der Waals surface area contributed by atoms with Crippen molar-refractivity contribution in [2.75, 3.05) is 13.7 Å². The lowest BCUT2D eigenvalue weighted by Crippen LogP contribution is -2.27. The smallest absolute Gasteiger partial charge is 0.327 e. The van der Waals surface area contributed by atoms with Gasteiger partial charge in [0.25, 0.3) is 0 Å². The summed E-state index contributed by atoms with van der Waals surface area (Å²) in [4.78, 5) is 29.0. The number of nitrogens with two attached hydrogens (primary N) is 1. The summed E-state index contributed by atoms with van der Waals surface area (Å²) in [5.41, 5.74) is 11.6. The van der Waals surface area contributed by atoms with E-state index in [4.69, 9.17) is 29.3 Å². The van der Waals surface area contributed by atoms with E-state index in [9.17, 15) is 9.59 Å². The molecule has 0 saturated heterocycles. The van der Waals surface area contributed by atoms with Crippen LogP contribution < -0.4 is 10.5 Å². The molecular weight excluding hydrogens is 520 g/mol. The van der Waals surface area contributed by atoms with Gasteiger partial charge >= 0.3 is 11.9 Å². The van der Waals surface area contributed by atoms with Crippen molar-refractivity contribution in [3.63, 3.8) is 0 Å². The Labute approximate surface area is 240 Å². The van der Waals surface area contributed by atoms with Crippen molar-refractivity contribution < 1.29 is 28.2 Å². The number of ether oxygens (including phenoxy) is 3. The van der Waals surface area contributed by atoms with Gasteiger partial charge in [-0.3, -0.25) is 4.79 Å². The topological polar surface area (TPSA) is 114 Å². The highest BCUT2D eigenvalue weighted by Gasteiger charge is 2.23. The predicted molar refractivity (Wildman–Crippen MR) is 156 cm³/mol. The molecule has 2 N–H and O–H groups in total. The lowest BCUT2D eigenvalue weighted by Gasteiger charge is -2.18. The quantitative estimate of drug-likeness (QED) is 0.212. The monoisotopic (exact) mass is 556 g/mol. The lowest BCUT2D eigenvalue weighted by molar-refractivity contribution is -0.149. The van der Waals surface area contributed by atoms with Gasteiger partial charge in [-0.15, -0.1) is 0 Å². The fourth-order valence-electron chi connectivity index (χ4n) is 4.44. The first kappa shape index (κ1) is 29.6. The van der Waals surface area contributed by atoms with Crippen molar-refractivity contribution in [3.05, 3.63) is 95.4 Å². The zero-order chi connectivity index (χ0) is 29.4. The first-order valence-corrected chi connectivity index (χ1v) is 13.7. The van der Waals surface area contributed by atoms with Gasteiger partial charge in [0.2, 0.25) is 5.89 Å². The number of aryl methyl sites for hydroxylation is 2. The maximum Gasteiger partial charge on any atom is 0.327 e. The molecule has 0 radical (unpaired) electrons. The van der Waals surface area contributed by atoms with Gasteiger partial charge in [0.15, 0.2) is 0 Å². The van der Waals surface area contributed by atoms with Crippen LogP contribution in [0.2, 0.25) is 0 Å². The van der Waals surface area contributed by atoms with Crippen molar-refractivity contribution in [3.8, 4) is 28.3 Å². The Hall–Kier alpha value is -4.43. The van der Waals surface area contributed by atoms with Gasteiger partial charge in [-0.1, -0.05) is 48.5 Å². The van der Waals surface area contributed by atoms with E-state index in [1.165, 1.54) is 7.11 Å². The molecule has 0 fully saturated rings. The number of aromatic nitrogens is 1. The molecule has 3 aromatic carbocycles. The van der Waals surface area contributed by atoms with Crippen LogP contribution in [0, 0.1) is 6.92 Å². The Morgan fingerprint density at radius 1 is 0.927 bits per heavy atom. The molecule has 0 bridgehead atoms. The second-order valence-electron chi connectivity index (χ2n) is 9.96. The number of benzene rings is 3. The van der Waals surface area contributed by atoms with E-state index >= 15 is 0 Å². The maximum atomic E-state index is 12.6. The molecule has 4 rings (SSSR count). The molecule has 0 saturated carbocycles. The Morgan fingerprint density at radius 3 is 2.29 bits per heavy atom. The minimum atomic E-state index is -1.01. The third kappa shape index (κ3) is 7.83. The standard InChI is InChI=1S/C33H36N2O6/c1-21(2)40-33(37)31(34)28-20-27(16-14-25(28)15-17-30(36)38-4)39-19-18-29-22(3)41-32(35-29)26-12-10-24(11-13-26)23-8-6-5-7-9-23/h5-14,16,20-21,31H,15,17-19,34H2,1-4H3. The summed E-state index contributed by atoms with van der Waals surface area (Å²) in [7, 11) is 1.34. The summed E-state index contributed by atoms with van der Waals surface area (Å²) in [6.45, 7) is 5.75. The molecule has 1 atom stereocenters. The van der Waals surface area contributed by atoms with Crippen LogP contribution in [0.1, 0.15) is 48.9 Å². The van der Waals surface area contributed by atoms with Gasteiger partial charge in [0, 0.05) is 18.4 Å². The van der Waals surface area contributed by atoms with E-state index in [2.05, 4.69) is 24.3 Å². The number of carbonyl (C=O) groups excluding carboxylic acids is 2. The summed E-state index contributed by atoms with van der Waals surface area (Å²) in [6.07, 6.45) is 0.762. The minimum Gasteiger partial charge on any atom is -0.493 e. The SMILES string of the molecule is COC(=O)CCc1ccc(OCCc2nc(-c3ccc(-c4ccccc4)cc3)oc2C)cc1C(N)C(=O)OC(C)C. The highest BCUT2D eigenvalue weighted by atomic mass is 16.5. The maximum absolute atomic E-state index is 12.6. The number of hydrogen-bond donors (Lipinski definition) is 1. The van der Waals surface area contributed by atoms with Crippen LogP contribution in [0.5, 0.6) is 5.75 Å². The Kier molecular flexibility index (Phi) is 9.92. The van der Waals surface area contributed by atoms with Gasteiger partial charge in [-0.25, -0.2) is 9.78 Å². The minimum absolute atomic E-state index is 0.165. The predicted octanol–water partition coefficient (Wildman–Crippen LogP) is 6.00. The van der Waals surface area contributed by atoms with E-state index in [0.717, 1.165) is 33.7 Å². The molecule has 0 aliphatic carbocycles. The van der Waals surface area contributed by atoms with E-state index in [1.807, 2.05) is 43.3 Å². The van der Waals surface area contributed by atoms with E-state index in [1.54, 1.807) is 26.0 Å². The van der Waals surface area contributed by atoms with Gasteiger partial charge in [0.05, 0.1) is 25.5 Å². The second kappa shape index (κ2) is 13.8. The van der Waals surface area contributed by atoms with Crippen LogP contribution >= 0.6 is 0 Å². The number of rotatable bonds is 12. The highest BCUT2D eigenvalue weighted by molar-refractivity contribution is 5.78. The second-order valence-corrected chi connectivity index (χ2v) is 9.96. The summed E-state index contributed by atoms with van der Waals surface area (Å²) in [5, 5.41) is 0.